The fourth-order valence-electron chi connectivity index (χ4n) is 1.72. The topological polar surface area (TPSA) is 20.2 Å². The highest BCUT2D eigenvalue weighted by Gasteiger charge is 2.19. The number of halogens is 1. The first kappa shape index (κ1) is 12.9. The van der Waals surface area contributed by atoms with Gasteiger partial charge in [-0.05, 0) is 24.5 Å². The minimum Gasteiger partial charge on any atom is -0.507 e. The van der Waals surface area contributed by atoms with Crippen LogP contribution in [0.25, 0.3) is 0 Å². The normalized spacial score (nSPS) is 21.1. The fourth-order valence-corrected chi connectivity index (χ4v) is 2.02. The molecule has 2 heteroatoms. The summed E-state index contributed by atoms with van der Waals surface area (Å²) in [7, 11) is 0. The Kier molecular flexibility index (Phi) is 4.63. The van der Waals surface area contributed by atoms with Crippen molar-refractivity contribution < 1.29 is 5.11 Å². The van der Waals surface area contributed by atoms with E-state index in [9.17, 15) is 5.11 Å². The summed E-state index contributed by atoms with van der Waals surface area (Å²) in [5.74, 6) is 0.916. The molecule has 0 aliphatic heterocycles. The lowest BCUT2D eigenvalue weighted by atomic mass is 9.89. The zero-order valence-corrected chi connectivity index (χ0v) is 10.3. The maximum atomic E-state index is 10.2. The molecule has 0 aromatic rings. The molecule has 0 saturated carbocycles. The van der Waals surface area contributed by atoms with Crippen molar-refractivity contribution in [2.75, 3.05) is 5.88 Å². The highest BCUT2D eigenvalue weighted by Crippen LogP contribution is 2.30. The molecule has 0 heterocycles. The van der Waals surface area contributed by atoms with Gasteiger partial charge in [0.15, 0.2) is 0 Å². The van der Waals surface area contributed by atoms with Gasteiger partial charge in [0.2, 0.25) is 0 Å². The fraction of sp³-hybridized carbons (Fsp3) is 0.286. The Morgan fingerprint density at radius 1 is 1.69 bits per heavy atom. The van der Waals surface area contributed by atoms with E-state index in [2.05, 4.69) is 19.2 Å². The zero-order chi connectivity index (χ0) is 12.1. The number of hydrogen-bond acceptors (Lipinski definition) is 1. The molecule has 0 spiro atoms. The van der Waals surface area contributed by atoms with E-state index in [1.54, 1.807) is 6.08 Å². The third-order valence-electron chi connectivity index (χ3n) is 2.65. The minimum absolute atomic E-state index is 0.168. The van der Waals surface area contributed by atoms with Gasteiger partial charge in [-0.25, -0.2) is 0 Å². The number of aliphatic hydroxyl groups excluding tert-OH is 1. The van der Waals surface area contributed by atoms with Crippen molar-refractivity contribution in [3.05, 3.63) is 59.9 Å². The second-order valence-corrected chi connectivity index (χ2v) is 4.19. The van der Waals surface area contributed by atoms with Gasteiger partial charge >= 0.3 is 0 Å². The summed E-state index contributed by atoms with van der Waals surface area (Å²) in [5.41, 5.74) is 2.36. The number of rotatable bonds is 4. The molecule has 0 saturated heterocycles. The molecule has 1 unspecified atom stereocenters. The smallest absolute Gasteiger partial charge is 0.126 e. The molecular formula is C14H17ClO. The Hall–Kier alpha value is -1.21. The quantitative estimate of drug-likeness (QED) is 0.438. The molecule has 1 aliphatic rings. The Balaban J connectivity index is 3.16. The van der Waals surface area contributed by atoms with E-state index in [0.717, 1.165) is 17.6 Å². The van der Waals surface area contributed by atoms with Gasteiger partial charge in [0.25, 0.3) is 0 Å². The van der Waals surface area contributed by atoms with E-state index in [1.165, 1.54) is 0 Å². The van der Waals surface area contributed by atoms with Gasteiger partial charge in [-0.1, -0.05) is 37.5 Å². The Bertz CT molecular complexity index is 386. The molecule has 1 atom stereocenters. The van der Waals surface area contributed by atoms with E-state index in [1.807, 2.05) is 19.1 Å². The molecule has 0 aromatic heterocycles. The summed E-state index contributed by atoms with van der Waals surface area (Å²) < 4.78 is 0. The van der Waals surface area contributed by atoms with Gasteiger partial charge in [-0.2, -0.15) is 0 Å². The van der Waals surface area contributed by atoms with Crippen LogP contribution in [-0.4, -0.2) is 11.0 Å². The summed E-state index contributed by atoms with van der Waals surface area (Å²) >= 11 is 5.89. The van der Waals surface area contributed by atoms with Gasteiger partial charge in [0.05, 0.1) is 0 Å². The Labute approximate surface area is 102 Å². The monoisotopic (exact) mass is 236 g/mol. The molecule has 1 rings (SSSR count). The number of alkyl halides is 1. The molecule has 0 radical (unpaired) electrons. The van der Waals surface area contributed by atoms with Crippen molar-refractivity contribution in [3.8, 4) is 0 Å². The Morgan fingerprint density at radius 2 is 2.38 bits per heavy atom. The lowest BCUT2D eigenvalue weighted by Crippen LogP contribution is -2.11. The molecule has 86 valence electrons. The lowest BCUT2D eigenvalue weighted by Gasteiger charge is -2.20. The van der Waals surface area contributed by atoms with Crippen LogP contribution in [0.4, 0.5) is 0 Å². The third kappa shape index (κ3) is 2.67. The molecular weight excluding hydrogens is 220 g/mol. The minimum atomic E-state index is 0.168. The molecule has 1 N–H and O–H groups in total. The number of aliphatic hydroxyl groups is 1. The molecule has 1 aliphatic carbocycles. The summed E-state index contributed by atoms with van der Waals surface area (Å²) in [6.07, 6.45) is 8.38. The van der Waals surface area contributed by atoms with Crippen molar-refractivity contribution in [2.45, 2.75) is 13.3 Å². The van der Waals surface area contributed by atoms with Crippen LogP contribution in [0.3, 0.4) is 0 Å². The first-order valence-corrected chi connectivity index (χ1v) is 5.79. The van der Waals surface area contributed by atoms with Crippen molar-refractivity contribution in [1.82, 2.24) is 0 Å². The first-order valence-electron chi connectivity index (χ1n) is 5.26. The summed E-state index contributed by atoms with van der Waals surface area (Å²) in [6.45, 7) is 9.37. The average molecular weight is 237 g/mol. The molecule has 1 nitrogen and oxygen atoms in total. The highest BCUT2D eigenvalue weighted by atomic mass is 35.5. The van der Waals surface area contributed by atoms with Crippen LogP contribution in [-0.2, 0) is 0 Å². The van der Waals surface area contributed by atoms with Crippen LogP contribution in [0.15, 0.2) is 59.9 Å². The first-order chi connectivity index (χ1) is 7.61. The summed E-state index contributed by atoms with van der Waals surface area (Å²) in [6, 6.07) is 0. The van der Waals surface area contributed by atoms with E-state index in [4.69, 9.17) is 11.6 Å². The second-order valence-electron chi connectivity index (χ2n) is 3.88. The largest absolute Gasteiger partial charge is 0.507 e. The standard InChI is InChI=1S/C14H17ClO/c1-4-12(10(2)3)14(16)13-8-6-5-7-11(13)9-15/h4-6,8,11,16H,1-2,7,9H2,3H3/b14-12-. The van der Waals surface area contributed by atoms with Crippen molar-refractivity contribution in [2.24, 2.45) is 5.92 Å². The van der Waals surface area contributed by atoms with E-state index < -0.39 is 0 Å². The van der Waals surface area contributed by atoms with Gasteiger partial charge in [-0.15, -0.1) is 11.6 Å². The van der Waals surface area contributed by atoms with Crippen molar-refractivity contribution in [1.29, 1.82) is 0 Å². The number of hydrogen-bond donors (Lipinski definition) is 1. The van der Waals surface area contributed by atoms with E-state index in [0.29, 0.717) is 11.5 Å². The van der Waals surface area contributed by atoms with Crippen molar-refractivity contribution in [3.63, 3.8) is 0 Å². The highest BCUT2D eigenvalue weighted by molar-refractivity contribution is 6.18. The third-order valence-corrected chi connectivity index (χ3v) is 3.02. The Morgan fingerprint density at radius 3 is 2.88 bits per heavy atom. The van der Waals surface area contributed by atoms with Crippen LogP contribution in [0.1, 0.15) is 13.3 Å². The molecule has 0 amide bonds. The molecule has 16 heavy (non-hydrogen) atoms. The van der Waals surface area contributed by atoms with Crippen molar-refractivity contribution >= 4 is 11.6 Å². The van der Waals surface area contributed by atoms with Crippen LogP contribution < -0.4 is 0 Å². The maximum Gasteiger partial charge on any atom is 0.126 e. The average Bonchev–Trinajstić information content (AvgIpc) is 2.29. The van der Waals surface area contributed by atoms with Crippen LogP contribution in [0.5, 0.6) is 0 Å². The predicted octanol–water partition coefficient (Wildman–Crippen LogP) is 4.30. The SMILES string of the molecule is C=C/C(C(=C)C)=C(/O)C1=CC=CCC1CCl. The predicted molar refractivity (Wildman–Crippen MR) is 70.7 cm³/mol. The van der Waals surface area contributed by atoms with Gasteiger partial charge in [0.1, 0.15) is 5.76 Å². The molecule has 0 aromatic carbocycles. The molecule has 0 bridgehead atoms. The van der Waals surface area contributed by atoms with Crippen LogP contribution >= 0.6 is 11.6 Å². The van der Waals surface area contributed by atoms with Gasteiger partial charge in [0, 0.05) is 17.4 Å². The molecule has 0 fully saturated rings. The summed E-state index contributed by atoms with van der Waals surface area (Å²) in [5, 5.41) is 10.2. The van der Waals surface area contributed by atoms with Gasteiger partial charge < -0.3 is 5.11 Å². The van der Waals surface area contributed by atoms with E-state index >= 15 is 0 Å². The zero-order valence-electron chi connectivity index (χ0n) is 9.54. The summed E-state index contributed by atoms with van der Waals surface area (Å²) in [4.78, 5) is 0. The van der Waals surface area contributed by atoms with Crippen LogP contribution in [0.2, 0.25) is 0 Å². The number of allylic oxidation sites excluding steroid dienone is 7. The lowest BCUT2D eigenvalue weighted by molar-refractivity contribution is 0.403. The maximum absolute atomic E-state index is 10.2. The van der Waals surface area contributed by atoms with Crippen LogP contribution in [0, 0.1) is 5.92 Å². The van der Waals surface area contributed by atoms with Gasteiger partial charge in [-0.3, -0.25) is 0 Å². The second kappa shape index (κ2) is 5.76. The van der Waals surface area contributed by atoms with E-state index in [-0.39, 0.29) is 11.7 Å².